The van der Waals surface area contributed by atoms with Gasteiger partial charge in [-0.1, -0.05) is 23.0 Å². The number of allylic oxidation sites excluding steroid dienone is 1. The normalized spacial score (nSPS) is 11.9. The molecular weight excluding hydrogens is 162 g/mol. The Bertz CT molecular complexity index is 342. The molecule has 0 spiro atoms. The van der Waals surface area contributed by atoms with Crippen molar-refractivity contribution >= 4 is 12.2 Å². The first-order valence-electron chi connectivity index (χ1n) is 2.81. The molecule has 0 amide bonds. The highest BCUT2D eigenvalue weighted by atomic mass is 32.1. The largest absolute Gasteiger partial charge is 0.239 e. The lowest BCUT2D eigenvalue weighted by Crippen LogP contribution is -2.05. The van der Waals surface area contributed by atoms with E-state index in [4.69, 9.17) is 17.5 Å². The molecule has 0 saturated heterocycles. The van der Waals surface area contributed by atoms with Gasteiger partial charge >= 0.3 is 0 Å². The molecule has 0 bridgehead atoms. The van der Waals surface area contributed by atoms with Gasteiger partial charge < -0.3 is 0 Å². The third-order valence-electron chi connectivity index (χ3n) is 1.13. The smallest absolute Gasteiger partial charge is 0.221 e. The number of rotatable bonds is 2. The third-order valence-corrected chi connectivity index (χ3v) is 1.41. The lowest BCUT2D eigenvalue weighted by molar-refractivity contribution is 0.601. The molecule has 0 radical (unpaired) electrons. The first kappa shape index (κ1) is 7.63. The Balaban J connectivity index is 3.11. The summed E-state index contributed by atoms with van der Waals surface area (Å²) in [6.45, 7) is 3.46. The van der Waals surface area contributed by atoms with Gasteiger partial charge in [0.05, 0.1) is 6.07 Å². The van der Waals surface area contributed by atoms with Crippen molar-refractivity contribution in [3.8, 4) is 6.07 Å². The molecule has 56 valence electrons. The Labute approximate surface area is 67.9 Å². The van der Waals surface area contributed by atoms with Crippen LogP contribution in [-0.2, 0) is 0 Å². The summed E-state index contributed by atoms with van der Waals surface area (Å²) in [7, 11) is 0. The number of nitriles is 1. The van der Waals surface area contributed by atoms with Gasteiger partial charge in [-0.3, -0.25) is 0 Å². The van der Waals surface area contributed by atoms with Crippen molar-refractivity contribution in [1.29, 1.82) is 5.26 Å². The minimum absolute atomic E-state index is 0.247. The molecule has 1 N–H and O–H groups in total. The number of aromatic nitrogens is 4. The highest BCUT2D eigenvalue weighted by molar-refractivity contribution is 7.71. The van der Waals surface area contributed by atoms with E-state index in [2.05, 4.69) is 22.1 Å². The van der Waals surface area contributed by atoms with Crippen molar-refractivity contribution in [3.05, 3.63) is 17.4 Å². The molecule has 0 saturated carbocycles. The number of tetrazole rings is 1. The van der Waals surface area contributed by atoms with E-state index in [0.717, 1.165) is 0 Å². The minimum Gasteiger partial charge on any atom is -0.221 e. The van der Waals surface area contributed by atoms with Gasteiger partial charge in [0, 0.05) is 0 Å². The summed E-state index contributed by atoms with van der Waals surface area (Å²) in [6.07, 6.45) is 1.45. The number of aromatic amines is 1. The Morgan fingerprint density at radius 3 is 3.00 bits per heavy atom. The van der Waals surface area contributed by atoms with Crippen LogP contribution < -0.4 is 0 Å². The van der Waals surface area contributed by atoms with Gasteiger partial charge in [-0.2, -0.15) is 10.5 Å². The van der Waals surface area contributed by atoms with Gasteiger partial charge in [0.1, 0.15) is 0 Å². The summed E-state index contributed by atoms with van der Waals surface area (Å²) >= 11 is 4.75. The van der Waals surface area contributed by atoms with Gasteiger partial charge in [-0.15, -0.1) is 0 Å². The summed E-state index contributed by atoms with van der Waals surface area (Å²) in [5.74, 6) is 0. The highest BCUT2D eigenvalue weighted by Crippen LogP contribution is 2.01. The molecule has 5 nitrogen and oxygen atoms in total. The average Bonchev–Trinajstić information content (AvgIpc) is 2.40. The van der Waals surface area contributed by atoms with Crippen LogP contribution in [0.1, 0.15) is 6.04 Å². The fourth-order valence-electron chi connectivity index (χ4n) is 0.601. The van der Waals surface area contributed by atoms with Crippen LogP contribution in [0.2, 0.25) is 0 Å². The van der Waals surface area contributed by atoms with Crippen molar-refractivity contribution in [1.82, 2.24) is 20.2 Å². The van der Waals surface area contributed by atoms with E-state index in [1.54, 1.807) is 0 Å². The van der Waals surface area contributed by atoms with Crippen LogP contribution in [-0.4, -0.2) is 20.2 Å². The highest BCUT2D eigenvalue weighted by Gasteiger charge is 2.05. The summed E-state index contributed by atoms with van der Waals surface area (Å²) < 4.78 is 1.60. The number of nitrogens with zero attached hydrogens (tertiary/aromatic N) is 4. The summed E-state index contributed by atoms with van der Waals surface area (Å²) in [6, 6.07) is 1.45. The maximum atomic E-state index is 8.56. The van der Waals surface area contributed by atoms with Gasteiger partial charge in [-0.25, -0.2) is 4.68 Å². The monoisotopic (exact) mass is 167 g/mol. The molecule has 11 heavy (non-hydrogen) atoms. The molecule has 1 unspecified atom stereocenters. The van der Waals surface area contributed by atoms with Crippen LogP contribution in [0.25, 0.3) is 0 Å². The van der Waals surface area contributed by atoms with E-state index in [1.807, 2.05) is 6.07 Å². The quantitative estimate of drug-likeness (QED) is 0.517. The van der Waals surface area contributed by atoms with Crippen molar-refractivity contribution < 1.29 is 0 Å². The van der Waals surface area contributed by atoms with Crippen LogP contribution >= 0.6 is 12.2 Å². The second-order valence-corrected chi connectivity index (χ2v) is 2.13. The van der Waals surface area contributed by atoms with E-state index in [9.17, 15) is 0 Å². The summed E-state index contributed by atoms with van der Waals surface area (Å²) in [4.78, 5) is 0. The molecule has 1 aromatic heterocycles. The zero-order valence-corrected chi connectivity index (χ0v) is 6.38. The summed E-state index contributed by atoms with van der Waals surface area (Å²) in [5.41, 5.74) is 0. The van der Waals surface area contributed by atoms with E-state index in [-0.39, 0.29) is 4.77 Å². The third kappa shape index (κ3) is 1.33. The predicted octanol–water partition coefficient (Wildman–Crippen LogP) is 0.586. The maximum absolute atomic E-state index is 8.56. The van der Waals surface area contributed by atoms with Crippen molar-refractivity contribution in [3.63, 3.8) is 0 Å². The van der Waals surface area contributed by atoms with Gasteiger partial charge in [-0.05, 0) is 12.2 Å². The fraction of sp³-hybridized carbons (Fsp3) is 0.200. The second kappa shape index (κ2) is 3.07. The van der Waals surface area contributed by atoms with Gasteiger partial charge in [0.25, 0.3) is 0 Å². The molecule has 0 aliphatic heterocycles. The fourth-order valence-corrected chi connectivity index (χ4v) is 0.797. The maximum Gasteiger partial charge on any atom is 0.239 e. The summed E-state index contributed by atoms with van der Waals surface area (Å²) in [5, 5.41) is 18.0. The number of hydrogen-bond acceptors (Lipinski definition) is 4. The lowest BCUT2D eigenvalue weighted by atomic mass is 10.3. The van der Waals surface area contributed by atoms with Crippen molar-refractivity contribution in [2.75, 3.05) is 0 Å². The molecule has 0 aliphatic carbocycles. The Morgan fingerprint density at radius 2 is 2.64 bits per heavy atom. The van der Waals surface area contributed by atoms with Gasteiger partial charge in [0.15, 0.2) is 6.04 Å². The molecule has 1 rings (SSSR count). The predicted molar refractivity (Wildman–Crippen MR) is 40.1 cm³/mol. The topological polar surface area (TPSA) is 70.3 Å². The average molecular weight is 167 g/mol. The minimum atomic E-state index is -0.516. The van der Waals surface area contributed by atoms with E-state index in [1.165, 1.54) is 10.8 Å². The lowest BCUT2D eigenvalue weighted by Gasteiger charge is -2.00. The number of nitrogens with one attached hydrogen (secondary N) is 1. The van der Waals surface area contributed by atoms with Gasteiger partial charge in [0.2, 0.25) is 4.77 Å². The van der Waals surface area contributed by atoms with Crippen LogP contribution in [0, 0.1) is 16.1 Å². The van der Waals surface area contributed by atoms with E-state index >= 15 is 0 Å². The molecule has 6 heteroatoms. The SMILES string of the molecule is C=CC(C#N)n1[nH]nnc1=S. The zero-order valence-electron chi connectivity index (χ0n) is 5.56. The molecule has 0 fully saturated rings. The van der Waals surface area contributed by atoms with E-state index in [0.29, 0.717) is 0 Å². The van der Waals surface area contributed by atoms with Crippen molar-refractivity contribution in [2.24, 2.45) is 0 Å². The van der Waals surface area contributed by atoms with Crippen LogP contribution in [0.3, 0.4) is 0 Å². The Kier molecular flexibility index (Phi) is 2.13. The molecule has 1 aromatic rings. The van der Waals surface area contributed by atoms with Crippen LogP contribution in [0.4, 0.5) is 0 Å². The molecular formula is C5H5N5S. The van der Waals surface area contributed by atoms with Crippen molar-refractivity contribution in [2.45, 2.75) is 6.04 Å². The van der Waals surface area contributed by atoms with Crippen LogP contribution in [0.15, 0.2) is 12.7 Å². The standard InChI is InChI=1S/C5H5N5S/c1-2-4(3-6)10-5(11)7-8-9-10/h2,4H,1H2,(H,7,9,11). The van der Waals surface area contributed by atoms with E-state index < -0.39 is 6.04 Å². The zero-order chi connectivity index (χ0) is 8.27. The number of hydrogen-bond donors (Lipinski definition) is 1. The number of H-pyrrole nitrogens is 1. The Hall–Kier alpha value is -1.48. The Morgan fingerprint density at radius 1 is 1.91 bits per heavy atom. The molecule has 1 atom stereocenters. The first-order chi connectivity index (χ1) is 5.29. The molecule has 0 aliphatic rings. The second-order valence-electron chi connectivity index (χ2n) is 1.76. The van der Waals surface area contributed by atoms with Crippen LogP contribution in [0.5, 0.6) is 0 Å². The first-order valence-corrected chi connectivity index (χ1v) is 3.22. The molecule has 0 aromatic carbocycles. The molecule has 1 heterocycles.